The van der Waals surface area contributed by atoms with Gasteiger partial charge >= 0.3 is 6.03 Å². The van der Waals surface area contributed by atoms with Gasteiger partial charge in [-0.05, 0) is 31.2 Å². The monoisotopic (exact) mass is 370 g/mol. The van der Waals surface area contributed by atoms with Gasteiger partial charge in [-0.15, -0.1) is 0 Å². The van der Waals surface area contributed by atoms with E-state index in [2.05, 4.69) is 15.6 Å². The molecule has 1 aromatic heterocycles. The number of anilines is 2. The SMILES string of the molecule is COc1ccc(N2C[C@H](NC(=O)Nc3cccc(C)n3)CC2=O)cc1OC. The molecule has 1 saturated heterocycles. The van der Waals surface area contributed by atoms with Gasteiger partial charge in [0.15, 0.2) is 11.5 Å². The summed E-state index contributed by atoms with van der Waals surface area (Å²) in [7, 11) is 3.10. The first kappa shape index (κ1) is 18.5. The number of methoxy groups -OCH3 is 2. The average molecular weight is 370 g/mol. The summed E-state index contributed by atoms with van der Waals surface area (Å²) in [5, 5.41) is 5.50. The van der Waals surface area contributed by atoms with E-state index in [0.29, 0.717) is 29.5 Å². The van der Waals surface area contributed by atoms with Crippen LogP contribution in [0.3, 0.4) is 0 Å². The molecular formula is C19H22N4O4. The fourth-order valence-electron chi connectivity index (χ4n) is 3.00. The Kier molecular flexibility index (Phi) is 5.44. The normalized spacial score (nSPS) is 16.2. The molecule has 8 heteroatoms. The van der Waals surface area contributed by atoms with Crippen LogP contribution >= 0.6 is 0 Å². The first-order valence-electron chi connectivity index (χ1n) is 8.53. The van der Waals surface area contributed by atoms with E-state index in [9.17, 15) is 9.59 Å². The van der Waals surface area contributed by atoms with Crippen LogP contribution in [-0.4, -0.2) is 43.7 Å². The molecule has 27 heavy (non-hydrogen) atoms. The van der Waals surface area contributed by atoms with Gasteiger partial charge in [-0.3, -0.25) is 10.1 Å². The molecule has 142 valence electrons. The number of rotatable bonds is 5. The Morgan fingerprint density at radius 2 is 1.96 bits per heavy atom. The molecule has 1 atom stereocenters. The Bertz CT molecular complexity index is 855. The van der Waals surface area contributed by atoms with Crippen molar-refractivity contribution >= 4 is 23.4 Å². The topological polar surface area (TPSA) is 92.8 Å². The summed E-state index contributed by atoms with van der Waals surface area (Å²) in [5.41, 5.74) is 1.51. The summed E-state index contributed by atoms with van der Waals surface area (Å²) >= 11 is 0. The Morgan fingerprint density at radius 1 is 1.19 bits per heavy atom. The number of hydrogen-bond donors (Lipinski definition) is 2. The van der Waals surface area contributed by atoms with Crippen molar-refractivity contribution in [2.45, 2.75) is 19.4 Å². The fraction of sp³-hybridized carbons (Fsp3) is 0.316. The zero-order valence-electron chi connectivity index (χ0n) is 15.5. The molecule has 2 N–H and O–H groups in total. The molecule has 1 aromatic carbocycles. The van der Waals surface area contributed by atoms with E-state index < -0.39 is 0 Å². The van der Waals surface area contributed by atoms with Gasteiger partial charge in [-0.25, -0.2) is 9.78 Å². The Balaban J connectivity index is 1.64. The highest BCUT2D eigenvalue weighted by atomic mass is 16.5. The molecule has 1 aliphatic rings. The molecule has 0 bridgehead atoms. The highest BCUT2D eigenvalue weighted by Gasteiger charge is 2.32. The van der Waals surface area contributed by atoms with Crippen LogP contribution in [0.2, 0.25) is 0 Å². The highest BCUT2D eigenvalue weighted by Crippen LogP contribution is 2.33. The number of urea groups is 1. The van der Waals surface area contributed by atoms with Crippen molar-refractivity contribution in [1.82, 2.24) is 10.3 Å². The molecule has 2 heterocycles. The molecule has 0 spiro atoms. The summed E-state index contributed by atoms with van der Waals surface area (Å²) < 4.78 is 10.5. The number of benzene rings is 1. The number of carbonyl (C=O) groups is 2. The second-order valence-electron chi connectivity index (χ2n) is 6.21. The minimum absolute atomic E-state index is 0.0683. The summed E-state index contributed by atoms with van der Waals surface area (Å²) in [6.45, 7) is 2.22. The lowest BCUT2D eigenvalue weighted by Crippen LogP contribution is -2.39. The van der Waals surface area contributed by atoms with Gasteiger partial charge in [0.2, 0.25) is 5.91 Å². The van der Waals surface area contributed by atoms with Gasteiger partial charge in [0.05, 0.1) is 20.3 Å². The van der Waals surface area contributed by atoms with E-state index in [0.717, 1.165) is 5.69 Å². The maximum Gasteiger partial charge on any atom is 0.320 e. The lowest BCUT2D eigenvalue weighted by atomic mass is 10.2. The third kappa shape index (κ3) is 4.28. The molecule has 2 aromatic rings. The van der Waals surface area contributed by atoms with Crippen molar-refractivity contribution in [3.63, 3.8) is 0 Å². The molecule has 0 aliphatic carbocycles. The van der Waals surface area contributed by atoms with E-state index in [1.807, 2.05) is 19.1 Å². The van der Waals surface area contributed by atoms with E-state index in [-0.39, 0.29) is 24.4 Å². The van der Waals surface area contributed by atoms with Crippen molar-refractivity contribution in [2.24, 2.45) is 0 Å². The lowest BCUT2D eigenvalue weighted by Gasteiger charge is -2.19. The maximum absolute atomic E-state index is 12.4. The van der Waals surface area contributed by atoms with E-state index in [1.54, 1.807) is 43.4 Å². The second kappa shape index (κ2) is 7.94. The Morgan fingerprint density at radius 3 is 2.67 bits per heavy atom. The van der Waals surface area contributed by atoms with Crippen LogP contribution in [0.15, 0.2) is 36.4 Å². The van der Waals surface area contributed by atoms with Crippen molar-refractivity contribution in [1.29, 1.82) is 0 Å². The van der Waals surface area contributed by atoms with Crippen LogP contribution in [0.5, 0.6) is 11.5 Å². The van der Waals surface area contributed by atoms with Gasteiger partial charge in [0.1, 0.15) is 5.82 Å². The zero-order valence-corrected chi connectivity index (χ0v) is 15.5. The minimum Gasteiger partial charge on any atom is -0.493 e. The standard InChI is InChI=1S/C19H22N4O4/c1-12-5-4-6-17(20-12)22-19(25)21-13-9-18(24)23(11-13)14-7-8-15(26-2)16(10-14)27-3/h4-8,10,13H,9,11H2,1-3H3,(H2,20,21,22,25)/t13-/m1/s1. The molecule has 8 nitrogen and oxygen atoms in total. The highest BCUT2D eigenvalue weighted by molar-refractivity contribution is 5.97. The quantitative estimate of drug-likeness (QED) is 0.843. The number of aryl methyl sites for hydroxylation is 1. The predicted octanol–water partition coefficient (Wildman–Crippen LogP) is 2.33. The van der Waals surface area contributed by atoms with Crippen molar-refractivity contribution < 1.29 is 19.1 Å². The van der Waals surface area contributed by atoms with E-state index >= 15 is 0 Å². The zero-order chi connectivity index (χ0) is 19.4. The van der Waals surface area contributed by atoms with Crippen molar-refractivity contribution in [3.05, 3.63) is 42.1 Å². The largest absolute Gasteiger partial charge is 0.493 e. The molecule has 1 fully saturated rings. The van der Waals surface area contributed by atoms with Crippen LogP contribution in [0.4, 0.5) is 16.3 Å². The lowest BCUT2D eigenvalue weighted by molar-refractivity contribution is -0.117. The third-order valence-corrected chi connectivity index (χ3v) is 4.27. The molecule has 0 unspecified atom stereocenters. The van der Waals surface area contributed by atoms with Crippen molar-refractivity contribution in [3.8, 4) is 11.5 Å². The maximum atomic E-state index is 12.4. The number of nitrogens with one attached hydrogen (secondary N) is 2. The summed E-state index contributed by atoms with van der Waals surface area (Å²) in [6.07, 6.45) is 0.225. The number of nitrogens with zero attached hydrogens (tertiary/aromatic N) is 2. The van der Waals surface area contributed by atoms with Crippen LogP contribution in [-0.2, 0) is 4.79 Å². The molecule has 0 saturated carbocycles. The summed E-state index contributed by atoms with van der Waals surface area (Å²) in [5.74, 6) is 1.53. The fourth-order valence-corrected chi connectivity index (χ4v) is 3.00. The summed E-state index contributed by atoms with van der Waals surface area (Å²) in [4.78, 5) is 30.4. The number of ether oxygens (including phenoxy) is 2. The first-order valence-corrected chi connectivity index (χ1v) is 8.53. The van der Waals surface area contributed by atoms with Crippen LogP contribution in [0.25, 0.3) is 0 Å². The van der Waals surface area contributed by atoms with E-state index in [4.69, 9.17) is 9.47 Å². The van der Waals surface area contributed by atoms with Crippen LogP contribution in [0, 0.1) is 6.92 Å². The van der Waals surface area contributed by atoms with Gasteiger partial charge in [-0.1, -0.05) is 6.07 Å². The summed E-state index contributed by atoms with van der Waals surface area (Å²) in [6, 6.07) is 9.97. The molecule has 0 radical (unpaired) electrons. The number of carbonyl (C=O) groups excluding carboxylic acids is 2. The van der Waals surface area contributed by atoms with E-state index in [1.165, 1.54) is 0 Å². The Labute approximate surface area is 157 Å². The Hall–Kier alpha value is -3.29. The molecule has 3 amide bonds. The second-order valence-corrected chi connectivity index (χ2v) is 6.21. The average Bonchev–Trinajstić information content (AvgIpc) is 3.01. The molecule has 1 aliphatic heterocycles. The van der Waals surface area contributed by atoms with Gasteiger partial charge < -0.3 is 19.7 Å². The van der Waals surface area contributed by atoms with Crippen molar-refractivity contribution in [2.75, 3.05) is 31.0 Å². The molecular weight excluding hydrogens is 348 g/mol. The van der Waals surface area contributed by atoms with Gasteiger partial charge in [-0.2, -0.15) is 0 Å². The van der Waals surface area contributed by atoms with Crippen LogP contribution < -0.4 is 25.0 Å². The predicted molar refractivity (Wildman–Crippen MR) is 101 cm³/mol. The minimum atomic E-state index is -0.389. The smallest absolute Gasteiger partial charge is 0.320 e. The number of amides is 3. The molecule has 3 rings (SSSR count). The van der Waals surface area contributed by atoms with Crippen LogP contribution in [0.1, 0.15) is 12.1 Å². The third-order valence-electron chi connectivity index (χ3n) is 4.27. The number of aromatic nitrogens is 1. The first-order chi connectivity index (χ1) is 13.0. The number of hydrogen-bond acceptors (Lipinski definition) is 5. The van der Waals surface area contributed by atoms with Gasteiger partial charge in [0, 0.05) is 30.4 Å². The number of pyridine rings is 1. The van der Waals surface area contributed by atoms with Gasteiger partial charge in [0.25, 0.3) is 0 Å².